The number of carbonyl (C=O) groups is 1. The van der Waals surface area contributed by atoms with Gasteiger partial charge in [-0.25, -0.2) is 4.68 Å². The summed E-state index contributed by atoms with van der Waals surface area (Å²) in [5, 5.41) is 9.50. The highest BCUT2D eigenvalue weighted by Gasteiger charge is 2.37. The standard InChI is InChI=1S/C24H19F6N5OS/c1-2-8-33-14-20(36)35(22(33)37)31-12-16-13-34(19-6-4-3-5-7-19)32-21(16)15-9-17(23(25,26)27)11-18(10-15)24(28,29)30/h3-7,9-13H,2,8,14H2,1H3/b31-12-. The Morgan fingerprint density at radius 2 is 1.65 bits per heavy atom. The molecule has 37 heavy (non-hydrogen) atoms. The van der Waals surface area contributed by atoms with Gasteiger partial charge in [-0.1, -0.05) is 25.1 Å². The van der Waals surface area contributed by atoms with Crippen LogP contribution in [0.3, 0.4) is 0 Å². The molecule has 0 spiro atoms. The van der Waals surface area contributed by atoms with E-state index < -0.39 is 35.0 Å². The van der Waals surface area contributed by atoms with E-state index in [1.54, 1.807) is 35.2 Å². The Balaban J connectivity index is 1.84. The van der Waals surface area contributed by atoms with Gasteiger partial charge < -0.3 is 4.90 Å². The van der Waals surface area contributed by atoms with Crippen molar-refractivity contribution in [2.45, 2.75) is 25.7 Å². The molecule has 0 aliphatic carbocycles. The first-order chi connectivity index (χ1) is 17.4. The van der Waals surface area contributed by atoms with Gasteiger partial charge in [0.05, 0.1) is 23.0 Å². The number of amides is 1. The average molecular weight is 540 g/mol. The predicted molar refractivity (Wildman–Crippen MR) is 128 cm³/mol. The predicted octanol–water partition coefficient (Wildman–Crippen LogP) is 5.75. The van der Waals surface area contributed by atoms with Gasteiger partial charge in [-0.15, -0.1) is 0 Å². The van der Waals surface area contributed by atoms with Crippen LogP contribution in [-0.2, 0) is 17.1 Å². The zero-order chi connectivity index (χ0) is 27.0. The molecule has 2 aromatic carbocycles. The lowest BCUT2D eigenvalue weighted by atomic mass is 10.0. The molecular formula is C24H19F6N5OS. The smallest absolute Gasteiger partial charge is 0.338 e. The SMILES string of the molecule is CCCN1CC(=O)N(/N=C\c2cn(-c3ccccc3)nc2-c2cc(C(F)(F)F)cc(C(F)(F)F)c2)C1=S. The average Bonchev–Trinajstić information content (AvgIpc) is 3.38. The van der Waals surface area contributed by atoms with Crippen molar-refractivity contribution in [2.24, 2.45) is 5.10 Å². The van der Waals surface area contributed by atoms with E-state index in [0.29, 0.717) is 24.4 Å². The summed E-state index contributed by atoms with van der Waals surface area (Å²) in [6, 6.07) is 9.69. The van der Waals surface area contributed by atoms with Crippen molar-refractivity contribution in [3.63, 3.8) is 0 Å². The van der Waals surface area contributed by atoms with Crippen LogP contribution in [0.15, 0.2) is 59.8 Å². The number of carbonyl (C=O) groups excluding carboxylic acids is 1. The number of hydrogen-bond acceptors (Lipinski definition) is 4. The Labute approximate surface area is 212 Å². The molecule has 194 valence electrons. The highest BCUT2D eigenvalue weighted by Crippen LogP contribution is 2.39. The van der Waals surface area contributed by atoms with Crippen LogP contribution in [0.2, 0.25) is 0 Å². The van der Waals surface area contributed by atoms with Crippen LogP contribution in [-0.4, -0.2) is 50.0 Å². The molecule has 1 aliphatic heterocycles. The number of alkyl halides is 6. The van der Waals surface area contributed by atoms with E-state index in [9.17, 15) is 31.1 Å². The Morgan fingerprint density at radius 1 is 1.03 bits per heavy atom. The maximum Gasteiger partial charge on any atom is 0.416 e. The van der Waals surface area contributed by atoms with E-state index >= 15 is 0 Å². The summed E-state index contributed by atoms with van der Waals surface area (Å²) in [4.78, 5) is 14.0. The van der Waals surface area contributed by atoms with Crippen LogP contribution in [0, 0.1) is 0 Å². The van der Waals surface area contributed by atoms with E-state index in [2.05, 4.69) is 10.2 Å². The topological polar surface area (TPSA) is 53.7 Å². The summed E-state index contributed by atoms with van der Waals surface area (Å²) >= 11 is 5.29. The number of rotatable bonds is 6. The first kappa shape index (κ1) is 26.3. The Bertz CT molecular complexity index is 1320. The van der Waals surface area contributed by atoms with Crippen molar-refractivity contribution < 1.29 is 31.1 Å². The van der Waals surface area contributed by atoms with Gasteiger partial charge in [0, 0.05) is 23.9 Å². The van der Waals surface area contributed by atoms with Crippen LogP contribution < -0.4 is 0 Å². The molecule has 3 aromatic rings. The van der Waals surface area contributed by atoms with Gasteiger partial charge in [-0.2, -0.15) is 41.6 Å². The van der Waals surface area contributed by atoms with Crippen LogP contribution in [0.1, 0.15) is 30.0 Å². The van der Waals surface area contributed by atoms with Crippen molar-refractivity contribution in [1.82, 2.24) is 19.7 Å². The van der Waals surface area contributed by atoms with Gasteiger partial charge in [0.25, 0.3) is 5.91 Å². The van der Waals surface area contributed by atoms with E-state index in [-0.39, 0.29) is 29.0 Å². The molecule has 1 saturated heterocycles. The first-order valence-electron chi connectivity index (χ1n) is 11.0. The second kappa shape index (κ2) is 9.96. The molecule has 1 aromatic heterocycles. The molecular weight excluding hydrogens is 520 g/mol. The minimum atomic E-state index is -5.02. The highest BCUT2D eigenvalue weighted by molar-refractivity contribution is 7.80. The first-order valence-corrected chi connectivity index (χ1v) is 11.4. The third-order valence-electron chi connectivity index (χ3n) is 5.44. The molecule has 2 heterocycles. The molecule has 4 rings (SSSR count). The summed E-state index contributed by atoms with van der Waals surface area (Å²) in [5.41, 5.74) is -2.95. The molecule has 1 fully saturated rings. The van der Waals surface area contributed by atoms with Crippen molar-refractivity contribution in [1.29, 1.82) is 0 Å². The normalized spacial score (nSPS) is 14.9. The molecule has 13 heteroatoms. The van der Waals surface area contributed by atoms with Gasteiger partial charge in [-0.3, -0.25) is 4.79 Å². The fraction of sp³-hybridized carbons (Fsp3) is 0.250. The number of hydrogen-bond donors (Lipinski definition) is 0. The molecule has 0 radical (unpaired) electrons. The largest absolute Gasteiger partial charge is 0.416 e. The summed E-state index contributed by atoms with van der Waals surface area (Å²) in [6.07, 6.45) is -6.77. The van der Waals surface area contributed by atoms with Crippen LogP contribution in [0.4, 0.5) is 26.3 Å². The molecule has 0 unspecified atom stereocenters. The molecule has 0 N–H and O–H groups in total. The monoisotopic (exact) mass is 539 g/mol. The number of nitrogens with zero attached hydrogens (tertiary/aromatic N) is 5. The van der Waals surface area contributed by atoms with Crippen LogP contribution in [0.25, 0.3) is 16.9 Å². The lowest BCUT2D eigenvalue weighted by Gasteiger charge is -2.15. The maximum atomic E-state index is 13.5. The molecule has 0 saturated carbocycles. The third kappa shape index (κ3) is 5.66. The number of benzene rings is 2. The van der Waals surface area contributed by atoms with Gasteiger partial charge in [0.2, 0.25) is 0 Å². The quantitative estimate of drug-likeness (QED) is 0.228. The number of aromatic nitrogens is 2. The van der Waals surface area contributed by atoms with Crippen molar-refractivity contribution >= 4 is 29.5 Å². The van der Waals surface area contributed by atoms with E-state index in [1.807, 2.05) is 6.92 Å². The molecule has 1 amide bonds. The van der Waals surface area contributed by atoms with Crippen molar-refractivity contribution in [2.75, 3.05) is 13.1 Å². The van der Waals surface area contributed by atoms with Crippen molar-refractivity contribution in [3.8, 4) is 16.9 Å². The zero-order valence-corrected chi connectivity index (χ0v) is 20.0. The maximum absolute atomic E-state index is 13.5. The molecule has 0 atom stereocenters. The number of thiocarbonyl (C=S) groups is 1. The minimum absolute atomic E-state index is 0.0166. The van der Waals surface area contributed by atoms with Gasteiger partial charge in [0.15, 0.2) is 5.11 Å². The lowest BCUT2D eigenvalue weighted by Crippen LogP contribution is -2.29. The molecule has 0 bridgehead atoms. The highest BCUT2D eigenvalue weighted by atomic mass is 32.1. The Morgan fingerprint density at radius 3 is 2.22 bits per heavy atom. The molecule has 1 aliphatic rings. The summed E-state index contributed by atoms with van der Waals surface area (Å²) in [6.45, 7) is 2.45. The lowest BCUT2D eigenvalue weighted by molar-refractivity contribution is -0.143. The van der Waals surface area contributed by atoms with Crippen LogP contribution in [0.5, 0.6) is 0 Å². The second-order valence-electron chi connectivity index (χ2n) is 8.16. The molecule has 6 nitrogen and oxygen atoms in total. The van der Waals surface area contributed by atoms with Gasteiger partial charge in [0.1, 0.15) is 12.2 Å². The number of halogens is 6. The van der Waals surface area contributed by atoms with Gasteiger partial charge >= 0.3 is 12.4 Å². The fourth-order valence-corrected chi connectivity index (χ4v) is 4.03. The van der Waals surface area contributed by atoms with Crippen molar-refractivity contribution in [3.05, 3.63) is 71.4 Å². The second-order valence-corrected chi connectivity index (χ2v) is 8.53. The van der Waals surface area contributed by atoms with Gasteiger partial charge in [-0.05, 0) is 49.0 Å². The number of hydrazone groups is 1. The third-order valence-corrected chi connectivity index (χ3v) is 5.88. The van der Waals surface area contributed by atoms with E-state index in [4.69, 9.17) is 12.2 Å². The summed E-state index contributed by atoms with van der Waals surface area (Å²) in [7, 11) is 0. The Kier molecular flexibility index (Phi) is 7.09. The minimum Gasteiger partial charge on any atom is -0.338 e. The van der Waals surface area contributed by atoms with E-state index in [1.165, 1.54) is 10.9 Å². The zero-order valence-electron chi connectivity index (χ0n) is 19.2. The summed E-state index contributed by atoms with van der Waals surface area (Å²) < 4.78 is 82.2. The fourth-order valence-electron chi connectivity index (χ4n) is 3.73. The Hall–Kier alpha value is -3.74. The number of para-hydroxylation sites is 1. The van der Waals surface area contributed by atoms with Crippen LogP contribution >= 0.6 is 12.2 Å². The van der Waals surface area contributed by atoms with E-state index in [0.717, 1.165) is 17.6 Å². The summed E-state index contributed by atoms with van der Waals surface area (Å²) in [5.74, 6) is -0.412.